The summed E-state index contributed by atoms with van der Waals surface area (Å²) in [4.78, 5) is 12.1. The van der Waals surface area contributed by atoms with E-state index in [0.717, 1.165) is 25.0 Å². The van der Waals surface area contributed by atoms with Crippen molar-refractivity contribution in [3.63, 3.8) is 0 Å². The molecule has 0 spiro atoms. The Kier molecular flexibility index (Phi) is 8.59. The van der Waals surface area contributed by atoms with Crippen molar-refractivity contribution in [1.29, 1.82) is 0 Å². The summed E-state index contributed by atoms with van der Waals surface area (Å²) in [6, 6.07) is 8.45. The summed E-state index contributed by atoms with van der Waals surface area (Å²) in [5, 5.41) is 1.97. The fourth-order valence-corrected chi connectivity index (χ4v) is 2.74. The Morgan fingerprint density at radius 2 is 1.87 bits per heavy atom. The van der Waals surface area contributed by atoms with E-state index < -0.39 is 22.7 Å². The first-order valence-corrected chi connectivity index (χ1v) is 9.87. The monoisotopic (exact) mass is 441 g/mol. The molecule has 4 nitrogen and oxygen atoms in total. The number of carbonyl (C=O) groups excluding carboxylic acids is 1. The maximum atomic E-state index is 12.9. The highest BCUT2D eigenvalue weighted by atomic mass is 35.5. The van der Waals surface area contributed by atoms with Gasteiger partial charge in [-0.2, -0.15) is 13.2 Å². The maximum Gasteiger partial charge on any atom is 0.417 e. The SMILES string of the molecule is CCCCOc1ccc(/C=C/C(=O)Nc2ccc(Cl)c(C(F)(F)F)c2)cc1OCC. The molecule has 162 valence electrons. The number of hydrogen-bond acceptors (Lipinski definition) is 3. The molecule has 2 aromatic rings. The predicted molar refractivity (Wildman–Crippen MR) is 112 cm³/mol. The lowest BCUT2D eigenvalue weighted by molar-refractivity contribution is -0.137. The van der Waals surface area contributed by atoms with Crippen LogP contribution in [0.25, 0.3) is 6.08 Å². The minimum absolute atomic E-state index is 0.00366. The lowest BCUT2D eigenvalue weighted by Gasteiger charge is -2.12. The van der Waals surface area contributed by atoms with Crippen LogP contribution in [-0.4, -0.2) is 19.1 Å². The van der Waals surface area contributed by atoms with Gasteiger partial charge in [-0.1, -0.05) is 31.0 Å². The average Bonchev–Trinajstić information content (AvgIpc) is 2.69. The van der Waals surface area contributed by atoms with Crippen molar-refractivity contribution in [2.45, 2.75) is 32.9 Å². The second-order valence-electron chi connectivity index (χ2n) is 6.36. The molecule has 0 unspecified atom stereocenters. The zero-order valence-corrected chi connectivity index (χ0v) is 17.4. The molecular formula is C22H23ClF3NO3. The van der Waals surface area contributed by atoms with Gasteiger partial charge in [0.25, 0.3) is 0 Å². The normalized spacial score (nSPS) is 11.5. The number of hydrogen-bond donors (Lipinski definition) is 1. The molecule has 0 heterocycles. The minimum atomic E-state index is -4.61. The molecule has 0 aromatic heterocycles. The second kappa shape index (κ2) is 10.9. The van der Waals surface area contributed by atoms with Gasteiger partial charge in [-0.15, -0.1) is 0 Å². The van der Waals surface area contributed by atoms with Gasteiger partial charge in [-0.25, -0.2) is 0 Å². The molecule has 0 aliphatic rings. The molecule has 0 atom stereocenters. The summed E-state index contributed by atoms with van der Waals surface area (Å²) in [7, 11) is 0. The molecule has 2 aromatic carbocycles. The molecule has 0 saturated carbocycles. The van der Waals surface area contributed by atoms with Crippen LogP contribution in [0, 0.1) is 0 Å². The maximum absolute atomic E-state index is 12.9. The number of alkyl halides is 3. The minimum Gasteiger partial charge on any atom is -0.490 e. The Labute approximate surface area is 178 Å². The summed E-state index contributed by atoms with van der Waals surface area (Å²) < 4.78 is 50.1. The smallest absolute Gasteiger partial charge is 0.417 e. The van der Waals surface area contributed by atoms with Crippen LogP contribution in [-0.2, 0) is 11.0 Å². The number of nitrogens with one attached hydrogen (secondary N) is 1. The Morgan fingerprint density at radius 3 is 2.53 bits per heavy atom. The summed E-state index contributed by atoms with van der Waals surface area (Å²) in [6.07, 6.45) is 0.0925. The standard InChI is InChI=1S/C22H23ClF3NO3/c1-3-5-12-30-19-10-6-15(13-20(19)29-4-2)7-11-21(28)27-16-8-9-18(23)17(14-16)22(24,25)26/h6-11,13-14H,3-5,12H2,1-2H3,(H,27,28)/b11-7+. The fourth-order valence-electron chi connectivity index (χ4n) is 2.52. The number of halogens is 4. The van der Waals surface area contributed by atoms with E-state index in [0.29, 0.717) is 30.3 Å². The summed E-state index contributed by atoms with van der Waals surface area (Å²) in [5.41, 5.74) is -0.328. The Hall–Kier alpha value is -2.67. The largest absolute Gasteiger partial charge is 0.490 e. The molecule has 0 radical (unpaired) electrons. The number of unbranched alkanes of at least 4 members (excludes halogenated alkanes) is 1. The van der Waals surface area contributed by atoms with Gasteiger partial charge in [-0.05, 0) is 55.3 Å². The molecule has 30 heavy (non-hydrogen) atoms. The number of amides is 1. The van der Waals surface area contributed by atoms with Crippen molar-refractivity contribution in [2.75, 3.05) is 18.5 Å². The first-order valence-electron chi connectivity index (χ1n) is 9.50. The number of benzene rings is 2. The van der Waals surface area contributed by atoms with Crippen LogP contribution in [0.1, 0.15) is 37.8 Å². The Balaban J connectivity index is 2.09. The van der Waals surface area contributed by atoms with Gasteiger partial charge < -0.3 is 14.8 Å². The van der Waals surface area contributed by atoms with Crippen molar-refractivity contribution in [3.05, 3.63) is 58.6 Å². The second-order valence-corrected chi connectivity index (χ2v) is 6.76. The first kappa shape index (κ1) is 23.6. The highest BCUT2D eigenvalue weighted by Crippen LogP contribution is 2.36. The van der Waals surface area contributed by atoms with Crippen LogP contribution in [0.15, 0.2) is 42.5 Å². The Bertz CT molecular complexity index is 898. The van der Waals surface area contributed by atoms with Crippen molar-refractivity contribution in [1.82, 2.24) is 0 Å². The molecule has 1 amide bonds. The Morgan fingerprint density at radius 1 is 1.10 bits per heavy atom. The van der Waals surface area contributed by atoms with E-state index in [9.17, 15) is 18.0 Å². The van der Waals surface area contributed by atoms with Crippen LogP contribution >= 0.6 is 11.6 Å². The number of rotatable bonds is 9. The van der Waals surface area contributed by atoms with Crippen molar-refractivity contribution >= 4 is 29.3 Å². The third-order valence-electron chi connectivity index (χ3n) is 3.99. The van der Waals surface area contributed by atoms with Crippen LogP contribution < -0.4 is 14.8 Å². The van der Waals surface area contributed by atoms with Crippen molar-refractivity contribution in [3.8, 4) is 11.5 Å². The van der Waals surface area contributed by atoms with Gasteiger partial charge in [0.05, 0.1) is 23.8 Å². The van der Waals surface area contributed by atoms with Gasteiger partial charge >= 0.3 is 6.18 Å². The third-order valence-corrected chi connectivity index (χ3v) is 4.32. The lowest BCUT2D eigenvalue weighted by atomic mass is 10.1. The lowest BCUT2D eigenvalue weighted by Crippen LogP contribution is -2.11. The third kappa shape index (κ3) is 6.99. The highest BCUT2D eigenvalue weighted by molar-refractivity contribution is 6.31. The average molecular weight is 442 g/mol. The predicted octanol–water partition coefficient (Wildman–Crippen LogP) is 6.59. The van der Waals surface area contributed by atoms with E-state index in [1.165, 1.54) is 18.2 Å². The molecular weight excluding hydrogens is 419 g/mol. The zero-order chi connectivity index (χ0) is 22.1. The molecule has 2 rings (SSSR count). The zero-order valence-electron chi connectivity index (χ0n) is 16.7. The topological polar surface area (TPSA) is 47.6 Å². The van der Waals surface area contributed by atoms with Crippen LogP contribution in [0.5, 0.6) is 11.5 Å². The van der Waals surface area contributed by atoms with E-state index in [-0.39, 0.29) is 5.69 Å². The number of anilines is 1. The van der Waals surface area contributed by atoms with Crippen LogP contribution in [0.3, 0.4) is 0 Å². The van der Waals surface area contributed by atoms with E-state index in [2.05, 4.69) is 12.2 Å². The molecule has 0 aliphatic carbocycles. The molecule has 0 fully saturated rings. The van der Waals surface area contributed by atoms with E-state index in [4.69, 9.17) is 21.1 Å². The molecule has 8 heteroatoms. The number of carbonyl (C=O) groups is 1. The fraction of sp³-hybridized carbons (Fsp3) is 0.318. The van der Waals surface area contributed by atoms with Gasteiger partial charge in [0.15, 0.2) is 11.5 Å². The summed E-state index contributed by atoms with van der Waals surface area (Å²) in [6.45, 7) is 4.96. The molecule has 1 N–H and O–H groups in total. The quantitative estimate of drug-likeness (QED) is 0.353. The van der Waals surface area contributed by atoms with E-state index >= 15 is 0 Å². The highest BCUT2D eigenvalue weighted by Gasteiger charge is 2.33. The first-order chi connectivity index (χ1) is 14.2. The van der Waals surface area contributed by atoms with Crippen molar-refractivity contribution < 1.29 is 27.4 Å². The molecule has 0 bridgehead atoms. The molecule has 0 saturated heterocycles. The molecule has 0 aliphatic heterocycles. The van der Waals surface area contributed by atoms with Gasteiger partial charge in [0.2, 0.25) is 5.91 Å². The van der Waals surface area contributed by atoms with Gasteiger partial charge in [-0.3, -0.25) is 4.79 Å². The summed E-state index contributed by atoms with van der Waals surface area (Å²) >= 11 is 5.58. The van der Waals surface area contributed by atoms with Crippen molar-refractivity contribution in [2.24, 2.45) is 0 Å². The van der Waals surface area contributed by atoms with Gasteiger partial charge in [0.1, 0.15) is 0 Å². The van der Waals surface area contributed by atoms with E-state index in [1.807, 2.05) is 6.92 Å². The summed E-state index contributed by atoms with van der Waals surface area (Å²) in [5.74, 6) is 0.600. The number of ether oxygens (including phenoxy) is 2. The van der Waals surface area contributed by atoms with Crippen LogP contribution in [0.2, 0.25) is 5.02 Å². The van der Waals surface area contributed by atoms with E-state index in [1.54, 1.807) is 18.2 Å². The van der Waals surface area contributed by atoms with Gasteiger partial charge in [0, 0.05) is 11.8 Å². The van der Waals surface area contributed by atoms with Crippen LogP contribution in [0.4, 0.5) is 18.9 Å².